The summed E-state index contributed by atoms with van der Waals surface area (Å²) in [7, 11) is -2.72. The van der Waals surface area contributed by atoms with E-state index in [9.17, 15) is 18.0 Å². The maximum absolute atomic E-state index is 12.3. The number of primary amides is 1. The van der Waals surface area contributed by atoms with Crippen LogP contribution < -0.4 is 10.5 Å². The van der Waals surface area contributed by atoms with E-state index in [-0.39, 0.29) is 22.8 Å². The van der Waals surface area contributed by atoms with Gasteiger partial charge in [0, 0.05) is 6.54 Å². The van der Waals surface area contributed by atoms with Gasteiger partial charge in [-0.15, -0.1) is 0 Å². The molecule has 9 heteroatoms. The second-order valence-corrected chi connectivity index (χ2v) is 5.99. The monoisotopic (exact) mass is 316 g/mol. The lowest BCUT2D eigenvalue weighted by Crippen LogP contribution is -2.35. The van der Waals surface area contributed by atoms with Crippen LogP contribution in [0.5, 0.6) is 5.75 Å². The molecule has 0 saturated heterocycles. The second-order valence-electron chi connectivity index (χ2n) is 4.05. The maximum atomic E-state index is 12.3. The highest BCUT2D eigenvalue weighted by molar-refractivity contribution is 7.89. The molecule has 3 N–H and O–H groups in total. The van der Waals surface area contributed by atoms with Crippen LogP contribution >= 0.6 is 0 Å². The average Bonchev–Trinajstić information content (AvgIpc) is 2.43. The first-order valence-electron chi connectivity index (χ1n) is 5.93. The Labute approximate surface area is 122 Å². The van der Waals surface area contributed by atoms with Crippen molar-refractivity contribution in [2.45, 2.75) is 11.8 Å². The summed E-state index contributed by atoms with van der Waals surface area (Å²) in [6, 6.07) is 3.59. The third kappa shape index (κ3) is 3.70. The van der Waals surface area contributed by atoms with Gasteiger partial charge in [0.15, 0.2) is 0 Å². The minimum atomic E-state index is -4.04. The Kier molecular flexibility index (Phi) is 5.28. The van der Waals surface area contributed by atoms with E-state index in [0.717, 1.165) is 10.4 Å². The van der Waals surface area contributed by atoms with Gasteiger partial charge in [-0.25, -0.2) is 8.42 Å². The van der Waals surface area contributed by atoms with Gasteiger partial charge in [0.1, 0.15) is 12.3 Å². The van der Waals surface area contributed by atoms with Crippen LogP contribution in [0.15, 0.2) is 23.1 Å². The van der Waals surface area contributed by atoms with Gasteiger partial charge in [-0.05, 0) is 18.2 Å². The van der Waals surface area contributed by atoms with Crippen molar-refractivity contribution in [1.29, 1.82) is 0 Å². The molecule has 0 radical (unpaired) electrons. The van der Waals surface area contributed by atoms with Crippen molar-refractivity contribution >= 4 is 21.9 Å². The lowest BCUT2D eigenvalue weighted by atomic mass is 10.2. The van der Waals surface area contributed by atoms with Crippen molar-refractivity contribution in [2.24, 2.45) is 5.73 Å². The van der Waals surface area contributed by atoms with Gasteiger partial charge in [-0.1, -0.05) is 6.92 Å². The summed E-state index contributed by atoms with van der Waals surface area (Å²) < 4.78 is 30.4. The summed E-state index contributed by atoms with van der Waals surface area (Å²) in [5.74, 6) is -1.98. The smallest absolute Gasteiger partial charge is 0.318 e. The van der Waals surface area contributed by atoms with E-state index in [2.05, 4.69) is 0 Å². The molecule has 0 aromatic heterocycles. The molecule has 1 aromatic rings. The quantitative estimate of drug-likeness (QED) is 0.722. The van der Waals surface area contributed by atoms with Gasteiger partial charge in [0.05, 0.1) is 17.6 Å². The zero-order valence-electron chi connectivity index (χ0n) is 11.6. The van der Waals surface area contributed by atoms with Crippen LogP contribution in [0.25, 0.3) is 0 Å². The number of carboxylic acids is 1. The summed E-state index contributed by atoms with van der Waals surface area (Å²) in [6.45, 7) is 0.822. The van der Waals surface area contributed by atoms with Gasteiger partial charge < -0.3 is 15.6 Å². The average molecular weight is 316 g/mol. The second kappa shape index (κ2) is 6.55. The molecule has 1 amide bonds. The molecule has 0 aliphatic rings. The Balaban J connectivity index is 3.34. The Bertz CT molecular complexity index is 656. The van der Waals surface area contributed by atoms with Crippen molar-refractivity contribution in [3.05, 3.63) is 23.8 Å². The molecule has 116 valence electrons. The molecular weight excluding hydrogens is 300 g/mol. The summed E-state index contributed by atoms with van der Waals surface area (Å²) in [5.41, 5.74) is 5.08. The molecule has 0 atom stereocenters. The van der Waals surface area contributed by atoms with Crippen molar-refractivity contribution < 1.29 is 27.9 Å². The first-order chi connectivity index (χ1) is 9.73. The predicted molar refractivity (Wildman–Crippen MR) is 73.6 cm³/mol. The van der Waals surface area contributed by atoms with Crippen LogP contribution in [0, 0.1) is 0 Å². The number of hydrogen-bond acceptors (Lipinski definition) is 5. The standard InChI is InChI=1S/C12H16N2O6S/c1-3-14(7-11(15)16)21(18,19)8-4-5-10(20-2)9(6-8)12(13)17/h4-6H,3,7H2,1-2H3,(H2,13,17)(H,15,16). The maximum Gasteiger partial charge on any atom is 0.318 e. The number of carboxylic acid groups (broad SMARTS) is 1. The molecule has 0 aliphatic heterocycles. The molecule has 0 aliphatic carbocycles. The molecular formula is C12H16N2O6S. The summed E-state index contributed by atoms with van der Waals surface area (Å²) in [4.78, 5) is 21.8. The number of hydrogen-bond donors (Lipinski definition) is 2. The highest BCUT2D eigenvalue weighted by Gasteiger charge is 2.26. The Morgan fingerprint density at radius 3 is 2.43 bits per heavy atom. The minimum absolute atomic E-state index is 0.0213. The first-order valence-corrected chi connectivity index (χ1v) is 7.37. The van der Waals surface area contributed by atoms with Crippen molar-refractivity contribution in [3.8, 4) is 5.75 Å². The molecule has 0 saturated carbocycles. The van der Waals surface area contributed by atoms with Crippen molar-refractivity contribution in [2.75, 3.05) is 20.2 Å². The fraction of sp³-hybridized carbons (Fsp3) is 0.333. The molecule has 1 aromatic carbocycles. The largest absolute Gasteiger partial charge is 0.496 e. The van der Waals surface area contributed by atoms with E-state index in [1.807, 2.05) is 0 Å². The van der Waals surface area contributed by atoms with Crippen molar-refractivity contribution in [3.63, 3.8) is 0 Å². The number of amides is 1. The van der Waals surface area contributed by atoms with Crippen LogP contribution in [0.2, 0.25) is 0 Å². The highest BCUT2D eigenvalue weighted by atomic mass is 32.2. The van der Waals surface area contributed by atoms with Gasteiger partial charge in [-0.2, -0.15) is 4.31 Å². The number of carbonyl (C=O) groups is 2. The Morgan fingerprint density at radius 1 is 1.38 bits per heavy atom. The zero-order chi connectivity index (χ0) is 16.2. The van der Waals surface area contributed by atoms with Gasteiger partial charge in [-0.3, -0.25) is 9.59 Å². The first kappa shape index (κ1) is 16.9. The zero-order valence-corrected chi connectivity index (χ0v) is 12.4. The summed E-state index contributed by atoms with van der Waals surface area (Å²) in [6.07, 6.45) is 0. The number of nitrogens with two attached hydrogens (primary N) is 1. The van der Waals surface area contributed by atoms with Gasteiger partial charge >= 0.3 is 5.97 Å². The molecule has 0 bridgehead atoms. The summed E-state index contributed by atoms with van der Waals surface area (Å²) in [5, 5.41) is 8.75. The molecule has 0 spiro atoms. The van der Waals surface area contributed by atoms with E-state index in [0.29, 0.717) is 0 Å². The van der Waals surface area contributed by atoms with Crippen LogP contribution in [0.1, 0.15) is 17.3 Å². The third-order valence-corrected chi connectivity index (χ3v) is 4.66. The number of benzene rings is 1. The lowest BCUT2D eigenvalue weighted by molar-refractivity contribution is -0.137. The number of nitrogens with zero attached hydrogens (tertiary/aromatic N) is 1. The number of rotatable bonds is 7. The minimum Gasteiger partial charge on any atom is -0.496 e. The fourth-order valence-electron chi connectivity index (χ4n) is 1.71. The van der Waals surface area contributed by atoms with E-state index in [1.54, 1.807) is 0 Å². The summed E-state index contributed by atoms with van der Waals surface area (Å²) >= 11 is 0. The SMILES string of the molecule is CCN(CC(=O)O)S(=O)(=O)c1ccc(OC)c(C(N)=O)c1. The van der Waals surface area contributed by atoms with Crippen LogP contribution in [-0.4, -0.2) is 49.9 Å². The molecule has 8 nitrogen and oxygen atoms in total. The Morgan fingerprint density at radius 2 is 2.00 bits per heavy atom. The lowest BCUT2D eigenvalue weighted by Gasteiger charge is -2.19. The van der Waals surface area contributed by atoms with Crippen LogP contribution in [0.4, 0.5) is 0 Å². The normalized spacial score (nSPS) is 11.4. The Hall–Kier alpha value is -2.13. The van der Waals surface area contributed by atoms with E-state index in [4.69, 9.17) is 15.6 Å². The molecule has 0 heterocycles. The number of likely N-dealkylation sites (N-methyl/N-ethyl adjacent to an activating group) is 1. The van der Waals surface area contributed by atoms with E-state index < -0.39 is 28.4 Å². The molecule has 0 fully saturated rings. The van der Waals surface area contributed by atoms with Crippen molar-refractivity contribution in [1.82, 2.24) is 4.31 Å². The van der Waals surface area contributed by atoms with Crippen LogP contribution in [-0.2, 0) is 14.8 Å². The molecule has 21 heavy (non-hydrogen) atoms. The van der Waals surface area contributed by atoms with E-state index in [1.165, 1.54) is 26.2 Å². The number of methoxy groups -OCH3 is 1. The fourth-order valence-corrected chi connectivity index (χ4v) is 3.13. The predicted octanol–water partition coefficient (Wildman–Crippen LogP) is -0.111. The van der Waals surface area contributed by atoms with Gasteiger partial charge in [0.25, 0.3) is 5.91 Å². The van der Waals surface area contributed by atoms with Gasteiger partial charge in [0.2, 0.25) is 10.0 Å². The number of ether oxygens (including phenoxy) is 1. The highest BCUT2D eigenvalue weighted by Crippen LogP contribution is 2.24. The number of aliphatic carboxylic acids is 1. The molecule has 0 unspecified atom stereocenters. The topological polar surface area (TPSA) is 127 Å². The van der Waals surface area contributed by atoms with Crippen LogP contribution in [0.3, 0.4) is 0 Å². The number of carbonyl (C=O) groups excluding carboxylic acids is 1. The molecule has 1 rings (SSSR count). The third-order valence-electron chi connectivity index (χ3n) is 2.74. The number of sulfonamides is 1. The van der Waals surface area contributed by atoms with E-state index >= 15 is 0 Å².